The molecule has 0 fully saturated rings. The molecule has 1 rings (SSSR count). The highest BCUT2D eigenvalue weighted by molar-refractivity contribution is 5.86. The first-order valence-corrected chi connectivity index (χ1v) is 4.90. The number of nitrogens with two attached hydrogens (primary N) is 1. The van der Waals surface area contributed by atoms with Crippen molar-refractivity contribution in [3.63, 3.8) is 0 Å². The molecule has 0 spiro atoms. The van der Waals surface area contributed by atoms with Crippen molar-refractivity contribution in [2.24, 2.45) is 15.7 Å². The highest BCUT2D eigenvalue weighted by Crippen LogP contribution is 2.04. The fourth-order valence-corrected chi connectivity index (χ4v) is 1.28. The predicted molar refractivity (Wildman–Crippen MR) is 58.6 cm³/mol. The number of aliphatic carboxylic acids is 1. The molecule has 1 aliphatic heterocycles. The summed E-state index contributed by atoms with van der Waals surface area (Å²) in [7, 11) is 0. The molecule has 0 aromatic carbocycles. The molecule has 0 aromatic heterocycles. The highest BCUT2D eigenvalue weighted by Gasteiger charge is 2.23. The number of aliphatic imine (C=N–C) groups is 2. The van der Waals surface area contributed by atoms with Crippen LogP contribution in [0.2, 0.25) is 0 Å². The summed E-state index contributed by atoms with van der Waals surface area (Å²) >= 11 is 0. The van der Waals surface area contributed by atoms with E-state index in [1.165, 1.54) is 6.34 Å². The van der Waals surface area contributed by atoms with Crippen LogP contribution in [0.25, 0.3) is 0 Å². The van der Waals surface area contributed by atoms with Gasteiger partial charge in [-0.1, -0.05) is 0 Å². The number of carbonyl (C=O) groups is 2. The average Bonchev–Trinajstić information content (AvgIpc) is 2.69. The maximum Gasteiger partial charge on any atom is 0.326 e. The molecule has 0 radical (unpaired) electrons. The number of carbonyl (C=O) groups excluding carboxylic acids is 1. The van der Waals surface area contributed by atoms with Crippen LogP contribution in [0.5, 0.6) is 0 Å². The number of carboxylic acid groups (broad SMARTS) is 1. The molecule has 88 valence electrons. The largest absolute Gasteiger partial charge is 0.480 e. The molecular weight excluding hydrogens is 212 g/mol. The molecular formula is C9H14N4O3. The Kier molecular flexibility index (Phi) is 4.59. The van der Waals surface area contributed by atoms with Gasteiger partial charge in [-0.2, -0.15) is 0 Å². The van der Waals surface area contributed by atoms with E-state index in [0.29, 0.717) is 0 Å². The van der Waals surface area contributed by atoms with Crippen LogP contribution in [0, 0.1) is 0 Å². The SMILES string of the molecule is NCCC(=O)N[C@@H](C[C@@H]1C=NC=N1)C(=O)O. The summed E-state index contributed by atoms with van der Waals surface area (Å²) in [5.41, 5.74) is 5.19. The molecule has 0 bridgehead atoms. The molecule has 7 nitrogen and oxygen atoms in total. The number of nitrogens with one attached hydrogen (secondary N) is 1. The van der Waals surface area contributed by atoms with Gasteiger partial charge < -0.3 is 16.2 Å². The number of hydrogen-bond acceptors (Lipinski definition) is 5. The van der Waals surface area contributed by atoms with Gasteiger partial charge in [0.2, 0.25) is 5.91 Å². The zero-order valence-corrected chi connectivity index (χ0v) is 8.67. The molecule has 1 amide bonds. The van der Waals surface area contributed by atoms with Gasteiger partial charge in [-0.25, -0.2) is 9.79 Å². The normalized spacial score (nSPS) is 19.7. The third kappa shape index (κ3) is 3.77. The first-order valence-electron chi connectivity index (χ1n) is 4.90. The lowest BCUT2D eigenvalue weighted by Crippen LogP contribution is -2.43. The summed E-state index contributed by atoms with van der Waals surface area (Å²) in [4.78, 5) is 29.8. The van der Waals surface area contributed by atoms with Gasteiger partial charge >= 0.3 is 5.97 Å². The van der Waals surface area contributed by atoms with Gasteiger partial charge in [0, 0.05) is 25.6 Å². The lowest BCUT2D eigenvalue weighted by atomic mass is 10.1. The van der Waals surface area contributed by atoms with E-state index >= 15 is 0 Å². The van der Waals surface area contributed by atoms with E-state index < -0.39 is 12.0 Å². The van der Waals surface area contributed by atoms with E-state index in [9.17, 15) is 9.59 Å². The minimum absolute atomic E-state index is 0.117. The first kappa shape index (κ1) is 12.3. The van der Waals surface area contributed by atoms with E-state index in [0.717, 1.165) is 0 Å². The molecule has 0 aliphatic carbocycles. The van der Waals surface area contributed by atoms with Crippen LogP contribution in [-0.4, -0.2) is 48.2 Å². The molecule has 16 heavy (non-hydrogen) atoms. The van der Waals surface area contributed by atoms with Gasteiger partial charge in [-0.15, -0.1) is 0 Å². The van der Waals surface area contributed by atoms with Gasteiger partial charge in [0.05, 0.1) is 6.04 Å². The van der Waals surface area contributed by atoms with Crippen molar-refractivity contribution >= 4 is 24.4 Å². The Balaban J connectivity index is 2.47. The van der Waals surface area contributed by atoms with Crippen LogP contribution in [0.1, 0.15) is 12.8 Å². The second-order valence-corrected chi connectivity index (χ2v) is 3.36. The molecule has 0 unspecified atom stereocenters. The third-order valence-corrected chi connectivity index (χ3v) is 2.06. The van der Waals surface area contributed by atoms with Gasteiger partial charge in [0.25, 0.3) is 0 Å². The van der Waals surface area contributed by atoms with Crippen molar-refractivity contribution in [1.29, 1.82) is 0 Å². The Bertz CT molecular complexity index is 315. The van der Waals surface area contributed by atoms with Crippen LogP contribution < -0.4 is 11.1 Å². The smallest absolute Gasteiger partial charge is 0.326 e. The van der Waals surface area contributed by atoms with Crippen molar-refractivity contribution in [2.45, 2.75) is 24.9 Å². The lowest BCUT2D eigenvalue weighted by molar-refractivity contribution is -0.142. The van der Waals surface area contributed by atoms with E-state index in [1.54, 1.807) is 6.21 Å². The topological polar surface area (TPSA) is 117 Å². The summed E-state index contributed by atoms with van der Waals surface area (Å²) in [5.74, 6) is -1.45. The summed E-state index contributed by atoms with van der Waals surface area (Å²) < 4.78 is 0. The van der Waals surface area contributed by atoms with Crippen LogP contribution in [0.4, 0.5) is 0 Å². The quantitative estimate of drug-likeness (QED) is 0.526. The van der Waals surface area contributed by atoms with Crippen molar-refractivity contribution in [3.05, 3.63) is 0 Å². The highest BCUT2D eigenvalue weighted by atomic mass is 16.4. The molecule has 0 aromatic rings. The zero-order valence-electron chi connectivity index (χ0n) is 8.67. The van der Waals surface area contributed by atoms with Crippen molar-refractivity contribution in [2.75, 3.05) is 6.54 Å². The van der Waals surface area contributed by atoms with Crippen molar-refractivity contribution in [1.82, 2.24) is 5.32 Å². The number of amides is 1. The summed E-state index contributed by atoms with van der Waals surface area (Å²) in [6.07, 6.45) is 3.23. The maximum absolute atomic E-state index is 11.2. The number of carboxylic acids is 1. The molecule has 4 N–H and O–H groups in total. The molecule has 1 aliphatic rings. The first-order chi connectivity index (χ1) is 7.63. The van der Waals surface area contributed by atoms with Gasteiger partial charge in [-0.05, 0) is 0 Å². The Morgan fingerprint density at radius 2 is 2.31 bits per heavy atom. The fourth-order valence-electron chi connectivity index (χ4n) is 1.28. The molecule has 0 saturated heterocycles. The van der Waals surface area contributed by atoms with Crippen molar-refractivity contribution in [3.8, 4) is 0 Å². The van der Waals surface area contributed by atoms with E-state index in [2.05, 4.69) is 15.3 Å². The average molecular weight is 226 g/mol. The monoisotopic (exact) mass is 226 g/mol. The zero-order chi connectivity index (χ0) is 12.0. The standard InChI is InChI=1S/C9H14N4O3/c10-2-1-8(14)13-7(9(15)16)3-6-4-11-5-12-6/h4-7H,1-3,10H2,(H,13,14)(H,15,16)/t6-,7+/m1/s1. The van der Waals surface area contributed by atoms with Crippen molar-refractivity contribution < 1.29 is 14.7 Å². The van der Waals surface area contributed by atoms with Crippen LogP contribution >= 0.6 is 0 Å². The van der Waals surface area contributed by atoms with Crippen LogP contribution in [0.15, 0.2) is 9.98 Å². The Morgan fingerprint density at radius 1 is 1.56 bits per heavy atom. The molecule has 1 heterocycles. The van der Waals surface area contributed by atoms with Gasteiger partial charge in [0.15, 0.2) is 0 Å². The predicted octanol–water partition coefficient (Wildman–Crippen LogP) is -1.22. The summed E-state index contributed by atoms with van der Waals surface area (Å²) in [5, 5.41) is 11.3. The minimum atomic E-state index is -1.08. The molecule has 2 atom stereocenters. The molecule has 0 saturated carbocycles. The van der Waals surface area contributed by atoms with E-state index in [4.69, 9.17) is 10.8 Å². The van der Waals surface area contributed by atoms with E-state index in [1.807, 2.05) is 0 Å². The third-order valence-electron chi connectivity index (χ3n) is 2.06. The van der Waals surface area contributed by atoms with Gasteiger partial charge in [-0.3, -0.25) is 9.79 Å². The molecule has 7 heteroatoms. The Labute approximate surface area is 92.5 Å². The van der Waals surface area contributed by atoms with Crippen LogP contribution in [0.3, 0.4) is 0 Å². The second-order valence-electron chi connectivity index (χ2n) is 3.36. The van der Waals surface area contributed by atoms with Crippen LogP contribution in [-0.2, 0) is 9.59 Å². The summed E-state index contributed by atoms with van der Waals surface area (Å²) in [6.45, 7) is 0.196. The summed E-state index contributed by atoms with van der Waals surface area (Å²) in [6, 6.07) is -1.23. The van der Waals surface area contributed by atoms with E-state index in [-0.39, 0.29) is 31.3 Å². The Hall–Kier alpha value is -1.76. The number of hydrogen-bond donors (Lipinski definition) is 3. The minimum Gasteiger partial charge on any atom is -0.480 e. The second kappa shape index (κ2) is 5.96. The van der Waals surface area contributed by atoms with Gasteiger partial charge in [0.1, 0.15) is 12.4 Å². The lowest BCUT2D eigenvalue weighted by Gasteiger charge is -2.15. The fraction of sp³-hybridized carbons (Fsp3) is 0.556. The number of nitrogens with zero attached hydrogens (tertiary/aromatic N) is 2. The Morgan fingerprint density at radius 3 is 2.81 bits per heavy atom. The maximum atomic E-state index is 11.2. The number of rotatable bonds is 6.